The van der Waals surface area contributed by atoms with Gasteiger partial charge in [0.15, 0.2) is 0 Å². The van der Waals surface area contributed by atoms with Gasteiger partial charge >= 0.3 is 6.03 Å². The lowest BCUT2D eigenvalue weighted by atomic mass is 9.85. The van der Waals surface area contributed by atoms with Crippen LogP contribution in [-0.2, 0) is 15.1 Å². The highest BCUT2D eigenvalue weighted by Gasteiger charge is 2.38. The molecule has 0 radical (unpaired) electrons. The number of hydrogen-bond donors (Lipinski definition) is 4. The van der Waals surface area contributed by atoms with E-state index in [4.69, 9.17) is 10.5 Å². The molecule has 0 aliphatic carbocycles. The molecule has 38 heavy (non-hydrogen) atoms. The fourth-order valence-corrected chi connectivity index (χ4v) is 4.40. The maximum Gasteiger partial charge on any atom is 0.349 e. The number of hydrogen-bond acceptors (Lipinski definition) is 8. The predicted molar refractivity (Wildman–Crippen MR) is 143 cm³/mol. The van der Waals surface area contributed by atoms with Crippen molar-refractivity contribution in [3.05, 3.63) is 72.3 Å². The average Bonchev–Trinajstić information content (AvgIpc) is 3.32. The number of amides is 3. The fourth-order valence-electron chi connectivity index (χ4n) is 4.40. The van der Waals surface area contributed by atoms with Crippen LogP contribution in [0.3, 0.4) is 0 Å². The zero-order chi connectivity index (χ0) is 27.3. The molecule has 1 aliphatic rings. The van der Waals surface area contributed by atoms with E-state index < -0.39 is 11.6 Å². The van der Waals surface area contributed by atoms with Crippen LogP contribution < -0.4 is 21.7 Å². The van der Waals surface area contributed by atoms with Crippen LogP contribution in [0.1, 0.15) is 28.8 Å². The van der Waals surface area contributed by atoms with Crippen LogP contribution in [0.5, 0.6) is 0 Å². The third-order valence-corrected chi connectivity index (χ3v) is 6.45. The molecule has 3 amide bonds. The molecule has 12 nitrogen and oxygen atoms in total. The summed E-state index contributed by atoms with van der Waals surface area (Å²) >= 11 is 0. The number of carbonyl (C=O) groups is 3. The first kappa shape index (κ1) is 26.4. The van der Waals surface area contributed by atoms with Crippen molar-refractivity contribution < 1.29 is 19.1 Å². The Balaban J connectivity index is 1.43. The first-order valence-electron chi connectivity index (χ1n) is 12.0. The first-order valence-corrected chi connectivity index (χ1v) is 12.0. The molecule has 4 rings (SSSR count). The molecule has 198 valence electrons. The largest absolute Gasteiger partial charge is 0.372 e. The number of nitrogens with one attached hydrogen (secondary N) is 3. The van der Waals surface area contributed by atoms with Gasteiger partial charge in [0, 0.05) is 37.6 Å². The molecule has 1 fully saturated rings. The Labute approximate surface area is 219 Å². The van der Waals surface area contributed by atoms with Crippen LogP contribution in [0.25, 0.3) is 0 Å². The summed E-state index contributed by atoms with van der Waals surface area (Å²) in [6, 6.07) is 13.3. The van der Waals surface area contributed by atoms with E-state index in [-0.39, 0.29) is 23.7 Å². The van der Waals surface area contributed by atoms with Gasteiger partial charge in [-0.15, -0.1) is 9.78 Å². The van der Waals surface area contributed by atoms with Crippen LogP contribution in [0.2, 0.25) is 0 Å². The standard InChI is InChI=1S/C26H30N8O4/c1-4-21(35)33-15-5-14-26(16-33,38-3)18-8-12-20(13-9-18)30-25(37)34-23(27)31-24(32-34)29-19-10-6-17(7-11-19)22(36)28-2/h4,6-13H,1,5,14-16H2,2-3H3,(H,28,36)(H,30,37)(H3,27,29,31,32). The highest BCUT2D eigenvalue weighted by atomic mass is 16.5. The molecule has 1 aromatic heterocycles. The second-order valence-corrected chi connectivity index (χ2v) is 8.76. The third-order valence-electron chi connectivity index (χ3n) is 6.45. The van der Waals surface area contributed by atoms with Crippen LogP contribution in [0.15, 0.2) is 61.2 Å². The molecule has 0 bridgehead atoms. The van der Waals surface area contributed by atoms with Gasteiger partial charge in [-0.3, -0.25) is 9.59 Å². The summed E-state index contributed by atoms with van der Waals surface area (Å²) in [5.41, 5.74) is 7.82. The summed E-state index contributed by atoms with van der Waals surface area (Å²) in [7, 11) is 3.19. The molecule has 5 N–H and O–H groups in total. The van der Waals surface area contributed by atoms with Crippen LogP contribution in [-0.4, -0.2) is 64.8 Å². The Hall–Kier alpha value is -4.71. The van der Waals surface area contributed by atoms with E-state index in [2.05, 4.69) is 32.6 Å². The number of nitrogens with zero attached hydrogens (tertiary/aromatic N) is 4. The first-order chi connectivity index (χ1) is 18.3. The normalized spacial score (nSPS) is 16.9. The fraction of sp³-hybridized carbons (Fsp3) is 0.269. The summed E-state index contributed by atoms with van der Waals surface area (Å²) in [4.78, 5) is 42.5. The Morgan fingerprint density at radius 3 is 2.42 bits per heavy atom. The van der Waals surface area contributed by atoms with Gasteiger partial charge < -0.3 is 31.3 Å². The van der Waals surface area contributed by atoms with Crippen molar-refractivity contribution in [2.75, 3.05) is 43.6 Å². The van der Waals surface area contributed by atoms with Gasteiger partial charge in [0.1, 0.15) is 5.60 Å². The highest BCUT2D eigenvalue weighted by molar-refractivity contribution is 5.94. The van der Waals surface area contributed by atoms with Crippen molar-refractivity contribution in [1.82, 2.24) is 25.0 Å². The lowest BCUT2D eigenvalue weighted by molar-refractivity contribution is -0.136. The number of anilines is 4. The Morgan fingerprint density at radius 2 is 1.79 bits per heavy atom. The molecule has 0 saturated carbocycles. The molecule has 2 heterocycles. The zero-order valence-corrected chi connectivity index (χ0v) is 21.2. The van der Waals surface area contributed by atoms with Crippen LogP contribution >= 0.6 is 0 Å². The Bertz CT molecular complexity index is 1340. The molecule has 12 heteroatoms. The maximum absolute atomic E-state index is 12.8. The minimum atomic E-state index is -0.644. The maximum atomic E-state index is 12.8. The monoisotopic (exact) mass is 518 g/mol. The second-order valence-electron chi connectivity index (χ2n) is 8.76. The second kappa shape index (κ2) is 11.1. The van der Waals surface area contributed by atoms with Gasteiger partial charge in [-0.05, 0) is 60.9 Å². The van der Waals surface area contributed by atoms with Crippen molar-refractivity contribution in [2.45, 2.75) is 18.4 Å². The van der Waals surface area contributed by atoms with Gasteiger partial charge in [-0.1, -0.05) is 18.7 Å². The topological polar surface area (TPSA) is 157 Å². The lowest BCUT2D eigenvalue weighted by Crippen LogP contribution is -2.49. The number of nitrogens with two attached hydrogens (primary N) is 1. The molecule has 3 aromatic rings. The van der Waals surface area contributed by atoms with Crippen molar-refractivity contribution in [3.63, 3.8) is 0 Å². The minimum absolute atomic E-state index is 0.101. The van der Waals surface area contributed by atoms with E-state index in [1.165, 1.54) is 6.08 Å². The summed E-state index contributed by atoms with van der Waals surface area (Å²) in [5, 5.41) is 12.4. The van der Waals surface area contributed by atoms with E-state index in [1.54, 1.807) is 55.5 Å². The molecule has 0 spiro atoms. The minimum Gasteiger partial charge on any atom is -0.372 e. The lowest BCUT2D eigenvalue weighted by Gasteiger charge is -2.42. The van der Waals surface area contributed by atoms with E-state index in [9.17, 15) is 14.4 Å². The van der Waals surface area contributed by atoms with Gasteiger partial charge in [0.25, 0.3) is 5.91 Å². The van der Waals surface area contributed by atoms with Crippen molar-refractivity contribution in [2.24, 2.45) is 0 Å². The summed E-state index contributed by atoms with van der Waals surface area (Å²) in [5.74, 6) is -0.307. The average molecular weight is 519 g/mol. The summed E-state index contributed by atoms with van der Waals surface area (Å²) in [6.07, 6.45) is 2.87. The molecular weight excluding hydrogens is 488 g/mol. The van der Waals surface area contributed by atoms with E-state index in [0.717, 1.165) is 23.1 Å². The third kappa shape index (κ3) is 5.49. The SMILES string of the molecule is C=CC(=O)N1CCCC(OC)(c2ccc(NC(=O)n3nc(Nc4ccc(C(=O)NC)cc4)nc3N)cc2)C1. The van der Waals surface area contributed by atoms with Crippen molar-refractivity contribution in [1.29, 1.82) is 0 Å². The number of methoxy groups -OCH3 is 1. The van der Waals surface area contributed by atoms with Crippen molar-refractivity contribution in [3.8, 4) is 0 Å². The zero-order valence-electron chi connectivity index (χ0n) is 21.2. The highest BCUT2D eigenvalue weighted by Crippen LogP contribution is 2.35. The van der Waals surface area contributed by atoms with E-state index in [1.807, 2.05) is 12.1 Å². The molecule has 1 aliphatic heterocycles. The van der Waals surface area contributed by atoms with E-state index in [0.29, 0.717) is 30.0 Å². The molecule has 1 unspecified atom stereocenters. The smallest absolute Gasteiger partial charge is 0.349 e. The number of likely N-dealkylation sites (tertiary alicyclic amines) is 1. The van der Waals surface area contributed by atoms with E-state index >= 15 is 0 Å². The predicted octanol–water partition coefficient (Wildman–Crippen LogP) is 2.69. The van der Waals surface area contributed by atoms with Gasteiger partial charge in [0.2, 0.25) is 17.8 Å². The van der Waals surface area contributed by atoms with Crippen LogP contribution in [0.4, 0.5) is 28.1 Å². The summed E-state index contributed by atoms with van der Waals surface area (Å²) in [6.45, 7) is 4.65. The van der Waals surface area contributed by atoms with Gasteiger partial charge in [-0.25, -0.2) is 4.79 Å². The number of ether oxygens (including phenoxy) is 1. The number of nitrogen functional groups attached to an aromatic ring is 1. The number of carbonyl (C=O) groups excluding carboxylic acids is 3. The number of piperidine rings is 1. The number of aromatic nitrogens is 3. The summed E-state index contributed by atoms with van der Waals surface area (Å²) < 4.78 is 6.84. The molecule has 1 saturated heterocycles. The Morgan fingerprint density at radius 1 is 1.11 bits per heavy atom. The Kier molecular flexibility index (Phi) is 7.72. The number of benzene rings is 2. The molecule has 1 atom stereocenters. The molecular formula is C26H30N8O4. The number of rotatable bonds is 7. The van der Waals surface area contributed by atoms with Gasteiger partial charge in [0.05, 0.1) is 6.54 Å². The van der Waals surface area contributed by atoms with Gasteiger partial charge in [-0.2, -0.15) is 4.98 Å². The quantitative estimate of drug-likeness (QED) is 0.348. The van der Waals surface area contributed by atoms with Crippen LogP contribution in [0, 0.1) is 0 Å². The molecule has 2 aromatic carbocycles. The van der Waals surface area contributed by atoms with Crippen molar-refractivity contribution >= 4 is 41.1 Å².